The molecule has 6 nitrogen and oxygen atoms in total. The summed E-state index contributed by atoms with van der Waals surface area (Å²) >= 11 is 0. The van der Waals surface area contributed by atoms with Crippen molar-refractivity contribution in [2.75, 3.05) is 18.1 Å². The van der Waals surface area contributed by atoms with Crippen LogP contribution in [0.1, 0.15) is 20.3 Å². The van der Waals surface area contributed by atoms with Gasteiger partial charge in [0.1, 0.15) is 9.84 Å². The zero-order chi connectivity index (χ0) is 12.8. The third-order valence-electron chi connectivity index (χ3n) is 2.03. The molecule has 1 N–H and O–H groups in total. The van der Waals surface area contributed by atoms with Gasteiger partial charge in [0.25, 0.3) is 0 Å². The van der Waals surface area contributed by atoms with Crippen molar-refractivity contribution in [3.8, 4) is 0 Å². The number of ether oxygens (including phenoxy) is 1. The number of carbonyl (C=O) groups is 2. The molecule has 0 aromatic rings. The van der Waals surface area contributed by atoms with E-state index in [9.17, 15) is 18.0 Å². The molecule has 0 saturated carbocycles. The maximum Gasteiger partial charge on any atom is 0.320 e. The first-order valence-corrected chi connectivity index (χ1v) is 6.76. The van der Waals surface area contributed by atoms with Crippen molar-refractivity contribution in [1.29, 1.82) is 0 Å². The number of sulfone groups is 1. The van der Waals surface area contributed by atoms with Crippen molar-refractivity contribution in [3.63, 3.8) is 0 Å². The van der Waals surface area contributed by atoms with Gasteiger partial charge in [0.15, 0.2) is 5.92 Å². The van der Waals surface area contributed by atoms with Crippen LogP contribution in [-0.2, 0) is 24.2 Å². The second-order valence-corrected chi connectivity index (χ2v) is 5.64. The van der Waals surface area contributed by atoms with Gasteiger partial charge in [-0.3, -0.25) is 9.59 Å². The van der Waals surface area contributed by atoms with Gasteiger partial charge in [-0.1, -0.05) is 6.92 Å². The summed E-state index contributed by atoms with van der Waals surface area (Å²) in [6.07, 6.45) is -0.246. The molecule has 0 aliphatic carbocycles. The zero-order valence-corrected chi connectivity index (χ0v) is 10.1. The van der Waals surface area contributed by atoms with E-state index in [1.165, 1.54) is 6.92 Å². The fourth-order valence-corrected chi connectivity index (χ4v) is 1.91. The number of carboxylic acid groups (broad SMARTS) is 1. The lowest BCUT2D eigenvalue weighted by molar-refractivity contribution is -0.158. The number of carboxylic acids is 1. The van der Waals surface area contributed by atoms with E-state index in [0.717, 1.165) is 0 Å². The van der Waals surface area contributed by atoms with E-state index >= 15 is 0 Å². The molecule has 0 radical (unpaired) electrons. The summed E-state index contributed by atoms with van der Waals surface area (Å²) in [5.41, 5.74) is 0. The highest BCUT2D eigenvalue weighted by atomic mass is 32.2. The van der Waals surface area contributed by atoms with Crippen molar-refractivity contribution in [1.82, 2.24) is 0 Å². The Morgan fingerprint density at radius 2 is 1.88 bits per heavy atom. The van der Waals surface area contributed by atoms with Gasteiger partial charge in [-0.2, -0.15) is 0 Å². The van der Waals surface area contributed by atoms with Crippen LogP contribution in [-0.4, -0.2) is 43.6 Å². The van der Waals surface area contributed by atoms with Crippen molar-refractivity contribution in [2.45, 2.75) is 20.3 Å². The van der Waals surface area contributed by atoms with Crippen LogP contribution in [0.2, 0.25) is 0 Å². The minimum absolute atomic E-state index is 0.0673. The predicted octanol–water partition coefficient (Wildman–Crippen LogP) is 0.0751. The van der Waals surface area contributed by atoms with Gasteiger partial charge >= 0.3 is 11.9 Å². The summed E-state index contributed by atoms with van der Waals surface area (Å²) in [6, 6.07) is 0. The van der Waals surface area contributed by atoms with Crippen molar-refractivity contribution < 1.29 is 27.9 Å². The van der Waals surface area contributed by atoms with Crippen LogP contribution < -0.4 is 0 Å². The van der Waals surface area contributed by atoms with Crippen LogP contribution in [0, 0.1) is 5.92 Å². The second kappa shape index (κ2) is 6.47. The van der Waals surface area contributed by atoms with Gasteiger partial charge in [-0.25, -0.2) is 8.42 Å². The quantitative estimate of drug-likeness (QED) is 0.509. The van der Waals surface area contributed by atoms with Crippen LogP contribution >= 0.6 is 0 Å². The largest absolute Gasteiger partial charge is 0.481 e. The Kier molecular flexibility index (Phi) is 6.02. The van der Waals surface area contributed by atoms with E-state index in [2.05, 4.69) is 4.74 Å². The minimum Gasteiger partial charge on any atom is -0.481 e. The smallest absolute Gasteiger partial charge is 0.320 e. The summed E-state index contributed by atoms with van der Waals surface area (Å²) in [5.74, 6) is -4.03. The molecule has 0 rings (SSSR count). The molecule has 16 heavy (non-hydrogen) atoms. The molecule has 7 heteroatoms. The molecule has 0 heterocycles. The maximum absolute atomic E-state index is 11.2. The monoisotopic (exact) mass is 252 g/mol. The van der Waals surface area contributed by atoms with E-state index in [0.29, 0.717) is 0 Å². The minimum atomic E-state index is -3.27. The van der Waals surface area contributed by atoms with Crippen molar-refractivity contribution in [2.24, 2.45) is 5.92 Å². The van der Waals surface area contributed by atoms with E-state index in [1.807, 2.05) is 0 Å². The maximum atomic E-state index is 11.2. The van der Waals surface area contributed by atoms with Gasteiger partial charge in [0, 0.05) is 5.75 Å². The first kappa shape index (κ1) is 14.9. The highest BCUT2D eigenvalue weighted by Gasteiger charge is 2.28. The Hall–Kier alpha value is -1.11. The SMILES string of the molecule is CCOC(=O)C(CCS(=O)(=O)CC)C(=O)O. The van der Waals surface area contributed by atoms with Crippen molar-refractivity contribution >= 4 is 21.8 Å². The number of hydrogen-bond acceptors (Lipinski definition) is 5. The number of aliphatic carboxylic acids is 1. The predicted molar refractivity (Wildman–Crippen MR) is 56.7 cm³/mol. The molecular weight excluding hydrogens is 236 g/mol. The van der Waals surface area contributed by atoms with Gasteiger partial charge < -0.3 is 9.84 Å². The molecule has 0 bridgehead atoms. The number of hydrogen-bond donors (Lipinski definition) is 1. The molecule has 0 spiro atoms. The molecule has 0 amide bonds. The molecule has 1 unspecified atom stereocenters. The number of esters is 1. The Bertz CT molecular complexity index is 345. The Morgan fingerprint density at radius 3 is 2.25 bits per heavy atom. The molecule has 94 valence electrons. The van der Waals surface area contributed by atoms with Crippen LogP contribution in [0.3, 0.4) is 0 Å². The molecule has 0 aromatic heterocycles. The van der Waals surface area contributed by atoms with E-state index in [1.54, 1.807) is 6.92 Å². The van der Waals surface area contributed by atoms with Crippen LogP contribution in [0.4, 0.5) is 0 Å². The van der Waals surface area contributed by atoms with Gasteiger partial charge in [-0.15, -0.1) is 0 Å². The normalized spacial score (nSPS) is 13.1. The van der Waals surface area contributed by atoms with E-state index < -0.39 is 27.7 Å². The van der Waals surface area contributed by atoms with Gasteiger partial charge in [0.2, 0.25) is 0 Å². The molecule has 0 fully saturated rings. The first-order valence-electron chi connectivity index (χ1n) is 4.94. The zero-order valence-electron chi connectivity index (χ0n) is 9.30. The average molecular weight is 252 g/mol. The third-order valence-corrected chi connectivity index (χ3v) is 3.76. The molecular formula is C9H16O6S. The molecule has 0 saturated heterocycles. The van der Waals surface area contributed by atoms with Crippen LogP contribution in [0.15, 0.2) is 0 Å². The van der Waals surface area contributed by atoms with Crippen LogP contribution in [0.25, 0.3) is 0 Å². The highest BCUT2D eigenvalue weighted by molar-refractivity contribution is 7.91. The average Bonchev–Trinajstić information content (AvgIpc) is 2.17. The molecule has 0 aromatic carbocycles. The third kappa shape index (κ3) is 5.11. The van der Waals surface area contributed by atoms with Gasteiger partial charge in [0.05, 0.1) is 12.4 Å². The molecule has 0 aliphatic heterocycles. The Morgan fingerprint density at radius 1 is 1.31 bits per heavy atom. The van der Waals surface area contributed by atoms with Gasteiger partial charge in [-0.05, 0) is 13.3 Å². The Balaban J connectivity index is 4.48. The lowest BCUT2D eigenvalue weighted by Gasteiger charge is -2.10. The summed E-state index contributed by atoms with van der Waals surface area (Å²) in [6.45, 7) is 3.10. The van der Waals surface area contributed by atoms with E-state index in [-0.39, 0.29) is 24.5 Å². The second-order valence-electron chi connectivity index (χ2n) is 3.17. The Labute approximate surface area is 94.5 Å². The first-order chi connectivity index (χ1) is 7.34. The standard InChI is InChI=1S/C9H16O6S/c1-3-15-9(12)7(8(10)11)5-6-16(13,14)4-2/h7H,3-6H2,1-2H3,(H,10,11). The molecule has 0 aliphatic rings. The summed E-state index contributed by atoms with van der Waals surface area (Å²) in [7, 11) is -3.27. The topological polar surface area (TPSA) is 97.7 Å². The number of rotatable bonds is 7. The van der Waals surface area contributed by atoms with Crippen LogP contribution in [0.5, 0.6) is 0 Å². The highest BCUT2D eigenvalue weighted by Crippen LogP contribution is 2.09. The number of carbonyl (C=O) groups excluding carboxylic acids is 1. The van der Waals surface area contributed by atoms with Crippen molar-refractivity contribution in [3.05, 3.63) is 0 Å². The lowest BCUT2D eigenvalue weighted by Crippen LogP contribution is -2.28. The fourth-order valence-electron chi connectivity index (χ4n) is 1.03. The molecule has 1 atom stereocenters. The fraction of sp³-hybridized carbons (Fsp3) is 0.778. The summed E-state index contributed by atoms with van der Waals surface area (Å²) in [4.78, 5) is 21.9. The summed E-state index contributed by atoms with van der Waals surface area (Å²) < 4.78 is 26.9. The lowest BCUT2D eigenvalue weighted by atomic mass is 10.1. The summed E-state index contributed by atoms with van der Waals surface area (Å²) in [5, 5.41) is 8.74. The van der Waals surface area contributed by atoms with E-state index in [4.69, 9.17) is 5.11 Å².